The van der Waals surface area contributed by atoms with Gasteiger partial charge in [-0.1, -0.05) is 25.3 Å². The molecule has 120 valence electrons. The van der Waals surface area contributed by atoms with E-state index < -0.39 is 0 Å². The molecule has 5 heteroatoms. The fourth-order valence-electron chi connectivity index (χ4n) is 3.55. The van der Waals surface area contributed by atoms with Gasteiger partial charge in [-0.15, -0.1) is 6.58 Å². The Balaban J connectivity index is 1.47. The number of fused-ring (bicyclic) bond motifs is 2. The minimum Gasteiger partial charge on any atom is -0.447 e. The van der Waals surface area contributed by atoms with Crippen molar-refractivity contribution in [1.82, 2.24) is 5.32 Å². The molecule has 0 aromatic carbocycles. The second kappa shape index (κ2) is 9.05. The van der Waals surface area contributed by atoms with E-state index in [1.165, 1.54) is 32.1 Å². The zero-order valence-corrected chi connectivity index (χ0v) is 12.7. The lowest BCUT2D eigenvalue weighted by molar-refractivity contribution is -0.0545. The first-order valence-electron chi connectivity index (χ1n) is 7.96. The lowest BCUT2D eigenvalue weighted by Crippen LogP contribution is -2.32. The standard InChI is InChI=1S/C16H27NO4/c1-2-6-19-12-20-7-8-21-16(18)17-11-15-10-13-4-3-5-14(15)9-13/h2,13-15H,1,3-12H2,(H,17,18). The highest BCUT2D eigenvalue weighted by molar-refractivity contribution is 5.67. The molecule has 0 spiro atoms. The van der Waals surface area contributed by atoms with E-state index in [1.54, 1.807) is 6.08 Å². The van der Waals surface area contributed by atoms with Crippen molar-refractivity contribution in [2.45, 2.75) is 32.1 Å². The predicted octanol–water partition coefficient (Wildman–Crippen LogP) is 2.72. The van der Waals surface area contributed by atoms with E-state index >= 15 is 0 Å². The first-order valence-corrected chi connectivity index (χ1v) is 7.96. The molecular weight excluding hydrogens is 270 g/mol. The summed E-state index contributed by atoms with van der Waals surface area (Å²) >= 11 is 0. The summed E-state index contributed by atoms with van der Waals surface area (Å²) in [4.78, 5) is 11.6. The lowest BCUT2D eigenvalue weighted by Gasteiger charge is -2.21. The van der Waals surface area contributed by atoms with Gasteiger partial charge in [0.25, 0.3) is 0 Å². The molecule has 3 atom stereocenters. The summed E-state index contributed by atoms with van der Waals surface area (Å²) in [6.07, 6.45) is 8.02. The molecule has 2 aliphatic carbocycles. The Morgan fingerprint density at radius 1 is 1.24 bits per heavy atom. The normalized spacial score (nSPS) is 27.3. The summed E-state index contributed by atoms with van der Waals surface area (Å²) < 4.78 is 15.3. The van der Waals surface area contributed by atoms with Crippen molar-refractivity contribution in [2.24, 2.45) is 17.8 Å². The number of rotatable bonds is 9. The third kappa shape index (κ3) is 5.67. The van der Waals surface area contributed by atoms with Gasteiger partial charge in [-0.25, -0.2) is 4.79 Å². The number of alkyl carbamates (subject to hydrolysis) is 1. The molecule has 5 nitrogen and oxygen atoms in total. The number of amides is 1. The second-order valence-corrected chi connectivity index (χ2v) is 5.99. The highest BCUT2D eigenvalue weighted by atomic mass is 16.7. The van der Waals surface area contributed by atoms with Crippen molar-refractivity contribution in [3.05, 3.63) is 12.7 Å². The first kappa shape index (κ1) is 16.3. The Morgan fingerprint density at radius 3 is 2.95 bits per heavy atom. The van der Waals surface area contributed by atoms with Crippen LogP contribution in [-0.4, -0.2) is 39.3 Å². The van der Waals surface area contributed by atoms with Gasteiger partial charge in [-0.2, -0.15) is 0 Å². The van der Waals surface area contributed by atoms with E-state index in [0.717, 1.165) is 18.4 Å². The van der Waals surface area contributed by atoms with Gasteiger partial charge in [-0.05, 0) is 30.6 Å². The molecule has 2 bridgehead atoms. The number of hydrogen-bond acceptors (Lipinski definition) is 4. The van der Waals surface area contributed by atoms with E-state index in [9.17, 15) is 4.79 Å². The molecule has 0 aromatic rings. The number of ether oxygens (including phenoxy) is 3. The van der Waals surface area contributed by atoms with Gasteiger partial charge in [0.15, 0.2) is 0 Å². The van der Waals surface area contributed by atoms with Gasteiger partial charge in [0, 0.05) is 6.54 Å². The van der Waals surface area contributed by atoms with E-state index in [-0.39, 0.29) is 19.5 Å². The fraction of sp³-hybridized carbons (Fsp3) is 0.812. The van der Waals surface area contributed by atoms with Crippen LogP contribution in [0.1, 0.15) is 32.1 Å². The predicted molar refractivity (Wildman–Crippen MR) is 79.9 cm³/mol. The van der Waals surface area contributed by atoms with Crippen LogP contribution in [0.2, 0.25) is 0 Å². The SMILES string of the molecule is C=CCOCOCCOC(=O)NCC1CC2CCCC1C2. The summed E-state index contributed by atoms with van der Waals surface area (Å²) in [7, 11) is 0. The van der Waals surface area contributed by atoms with Crippen molar-refractivity contribution in [1.29, 1.82) is 0 Å². The first-order chi connectivity index (χ1) is 10.3. The molecule has 0 aliphatic heterocycles. The average molecular weight is 297 g/mol. The number of hydrogen-bond donors (Lipinski definition) is 1. The zero-order chi connectivity index (χ0) is 14.9. The van der Waals surface area contributed by atoms with Gasteiger partial charge >= 0.3 is 6.09 Å². The third-order valence-corrected chi connectivity index (χ3v) is 4.50. The molecule has 1 amide bonds. The van der Waals surface area contributed by atoms with Crippen molar-refractivity contribution in [3.8, 4) is 0 Å². The smallest absolute Gasteiger partial charge is 0.407 e. The summed E-state index contributed by atoms with van der Waals surface area (Å²) in [6, 6.07) is 0. The topological polar surface area (TPSA) is 56.8 Å². The van der Waals surface area contributed by atoms with Crippen LogP contribution in [0.4, 0.5) is 4.79 Å². The quantitative estimate of drug-likeness (QED) is 0.404. The van der Waals surface area contributed by atoms with Crippen LogP contribution >= 0.6 is 0 Å². The molecule has 0 radical (unpaired) electrons. The Hall–Kier alpha value is -1.07. The largest absolute Gasteiger partial charge is 0.447 e. The van der Waals surface area contributed by atoms with E-state index in [0.29, 0.717) is 19.1 Å². The van der Waals surface area contributed by atoms with Crippen molar-refractivity contribution in [2.75, 3.05) is 33.2 Å². The number of nitrogens with one attached hydrogen (secondary N) is 1. The maximum absolute atomic E-state index is 11.6. The Kier molecular flexibility index (Phi) is 7.03. The molecule has 0 aromatic heterocycles. The van der Waals surface area contributed by atoms with Gasteiger partial charge in [0.1, 0.15) is 13.4 Å². The molecule has 2 saturated carbocycles. The average Bonchev–Trinajstić information content (AvgIpc) is 2.78. The van der Waals surface area contributed by atoms with Gasteiger partial charge < -0.3 is 19.5 Å². The van der Waals surface area contributed by atoms with Crippen LogP contribution in [0.15, 0.2) is 12.7 Å². The zero-order valence-electron chi connectivity index (χ0n) is 12.7. The number of carbonyl (C=O) groups is 1. The molecule has 3 unspecified atom stereocenters. The monoisotopic (exact) mass is 297 g/mol. The van der Waals surface area contributed by atoms with Crippen molar-refractivity contribution in [3.63, 3.8) is 0 Å². The molecule has 2 rings (SSSR count). The molecule has 1 N–H and O–H groups in total. The van der Waals surface area contributed by atoms with Gasteiger partial charge in [-0.3, -0.25) is 0 Å². The Labute approximate surface area is 127 Å². The molecular formula is C16H27NO4. The summed E-state index contributed by atoms with van der Waals surface area (Å²) in [6.45, 7) is 5.54. The second-order valence-electron chi connectivity index (χ2n) is 5.99. The minimum atomic E-state index is -0.341. The van der Waals surface area contributed by atoms with Crippen LogP contribution in [0.5, 0.6) is 0 Å². The molecule has 2 fully saturated rings. The lowest BCUT2D eigenvalue weighted by atomic mass is 9.87. The minimum absolute atomic E-state index is 0.197. The summed E-state index contributed by atoms with van der Waals surface area (Å²) in [5.74, 6) is 2.36. The van der Waals surface area contributed by atoms with Crippen molar-refractivity contribution < 1.29 is 19.0 Å². The van der Waals surface area contributed by atoms with Gasteiger partial charge in [0.2, 0.25) is 0 Å². The van der Waals surface area contributed by atoms with Crippen LogP contribution in [0.3, 0.4) is 0 Å². The maximum Gasteiger partial charge on any atom is 0.407 e. The molecule has 0 saturated heterocycles. The fourth-order valence-corrected chi connectivity index (χ4v) is 3.55. The van der Waals surface area contributed by atoms with E-state index in [2.05, 4.69) is 11.9 Å². The van der Waals surface area contributed by atoms with E-state index in [1.807, 2.05) is 0 Å². The van der Waals surface area contributed by atoms with Crippen LogP contribution in [0, 0.1) is 17.8 Å². The number of carbonyl (C=O) groups excluding carboxylic acids is 1. The highest BCUT2D eigenvalue weighted by Gasteiger charge is 2.36. The molecule has 0 heterocycles. The van der Waals surface area contributed by atoms with Crippen molar-refractivity contribution >= 4 is 6.09 Å². The van der Waals surface area contributed by atoms with Crippen LogP contribution < -0.4 is 5.32 Å². The Bertz CT molecular complexity index is 334. The van der Waals surface area contributed by atoms with E-state index in [4.69, 9.17) is 14.2 Å². The van der Waals surface area contributed by atoms with Crippen LogP contribution in [0.25, 0.3) is 0 Å². The highest BCUT2D eigenvalue weighted by Crippen LogP contribution is 2.45. The van der Waals surface area contributed by atoms with Crippen LogP contribution in [-0.2, 0) is 14.2 Å². The summed E-state index contributed by atoms with van der Waals surface area (Å²) in [5, 5.41) is 2.89. The molecule has 21 heavy (non-hydrogen) atoms. The third-order valence-electron chi connectivity index (χ3n) is 4.50. The maximum atomic E-state index is 11.6. The summed E-state index contributed by atoms with van der Waals surface area (Å²) in [5.41, 5.74) is 0. The Morgan fingerprint density at radius 2 is 2.14 bits per heavy atom. The van der Waals surface area contributed by atoms with Gasteiger partial charge in [0.05, 0.1) is 13.2 Å². The molecule has 2 aliphatic rings.